The van der Waals surface area contributed by atoms with Crippen molar-refractivity contribution in [1.29, 1.82) is 0 Å². The minimum Gasteiger partial charge on any atom is -0.453 e. The van der Waals surface area contributed by atoms with E-state index in [2.05, 4.69) is 76.5 Å². The topological polar surface area (TPSA) is 181 Å². The highest BCUT2D eigenvalue weighted by Gasteiger charge is 2.39. The van der Waals surface area contributed by atoms with Crippen molar-refractivity contribution >= 4 is 35.0 Å². The first-order valence-corrected chi connectivity index (χ1v) is 22.1. The van der Waals surface area contributed by atoms with Crippen LogP contribution in [-0.2, 0) is 19.1 Å². The molecule has 4 atom stereocenters. The molecule has 2 aliphatic rings. The summed E-state index contributed by atoms with van der Waals surface area (Å²) in [4.78, 5) is 76.8. The van der Waals surface area contributed by atoms with E-state index in [0.717, 1.165) is 78.0 Å². The van der Waals surface area contributed by atoms with Gasteiger partial charge >= 0.3 is 12.2 Å². The van der Waals surface area contributed by atoms with Gasteiger partial charge in [-0.2, -0.15) is 0 Å². The quantitative estimate of drug-likeness (QED) is 0.0754. The van der Waals surface area contributed by atoms with Gasteiger partial charge < -0.3 is 49.7 Å². The molecule has 4 amide bonds. The Hall–Kier alpha value is -6.18. The van der Waals surface area contributed by atoms with Crippen molar-refractivity contribution < 1.29 is 28.7 Å². The molecule has 4 aromatic rings. The number of carbonyl (C=O) groups excluding carboxylic acids is 4. The van der Waals surface area contributed by atoms with Crippen LogP contribution in [0.1, 0.15) is 94.7 Å². The van der Waals surface area contributed by atoms with Crippen molar-refractivity contribution in [2.45, 2.75) is 84.0 Å². The van der Waals surface area contributed by atoms with Crippen LogP contribution in [0.3, 0.4) is 0 Å². The second kappa shape index (κ2) is 21.8. The van der Waals surface area contributed by atoms with E-state index in [9.17, 15) is 19.2 Å². The predicted molar refractivity (Wildman–Crippen MR) is 241 cm³/mol. The summed E-state index contributed by atoms with van der Waals surface area (Å²) in [5.74, 6) is 7.57. The number of aromatic amines is 2. The highest BCUT2D eigenvalue weighted by Crippen LogP contribution is 2.35. The Labute approximate surface area is 370 Å². The van der Waals surface area contributed by atoms with Crippen molar-refractivity contribution in [3.05, 3.63) is 83.6 Å². The zero-order chi connectivity index (χ0) is 45.0. The number of hydrogen-bond donors (Lipinski definition) is 4. The third-order valence-corrected chi connectivity index (χ3v) is 12.2. The van der Waals surface area contributed by atoms with E-state index in [1.807, 2.05) is 47.4 Å². The summed E-state index contributed by atoms with van der Waals surface area (Å²) in [5.41, 5.74) is 5.89. The number of likely N-dealkylation sites (tertiary alicyclic amines) is 2. The number of carbonyl (C=O) groups is 4. The molecule has 2 saturated heterocycles. The van der Waals surface area contributed by atoms with Crippen molar-refractivity contribution in [1.82, 2.24) is 50.2 Å². The molecule has 2 aromatic heterocycles. The third kappa shape index (κ3) is 11.5. The minimum atomic E-state index is -0.751. The van der Waals surface area contributed by atoms with Gasteiger partial charge in [0.25, 0.3) is 0 Å². The number of ether oxygens (including phenoxy) is 2. The Morgan fingerprint density at radius 3 is 2.00 bits per heavy atom. The Morgan fingerprint density at radius 2 is 1.40 bits per heavy atom. The zero-order valence-electron chi connectivity index (χ0n) is 37.5. The lowest BCUT2D eigenvalue weighted by molar-refractivity contribution is -0.135. The van der Waals surface area contributed by atoms with Gasteiger partial charge in [-0.25, -0.2) is 19.6 Å². The van der Waals surface area contributed by atoms with Crippen LogP contribution in [0.25, 0.3) is 22.3 Å². The van der Waals surface area contributed by atoms with Crippen LogP contribution in [0, 0.1) is 11.8 Å². The zero-order valence-corrected chi connectivity index (χ0v) is 37.5. The molecule has 16 nitrogen and oxygen atoms in total. The van der Waals surface area contributed by atoms with Crippen LogP contribution in [0.4, 0.5) is 9.59 Å². The lowest BCUT2D eigenvalue weighted by Gasteiger charge is -2.29. The Morgan fingerprint density at radius 1 is 0.810 bits per heavy atom. The third-order valence-electron chi connectivity index (χ3n) is 12.2. The molecule has 0 unspecified atom stereocenters. The molecule has 0 saturated carbocycles. The molecule has 2 aliphatic heterocycles. The molecular weight excluding hydrogens is 801 g/mol. The number of methoxy groups -OCH3 is 2. The maximum Gasteiger partial charge on any atom is 0.407 e. The second-order valence-electron chi connectivity index (χ2n) is 16.0. The van der Waals surface area contributed by atoms with E-state index in [1.54, 1.807) is 11.1 Å². The first kappa shape index (κ1) is 46.3. The maximum absolute atomic E-state index is 14.0. The van der Waals surface area contributed by atoms with Gasteiger partial charge in [0.15, 0.2) is 0 Å². The fourth-order valence-electron chi connectivity index (χ4n) is 8.41. The van der Waals surface area contributed by atoms with Gasteiger partial charge in [-0.3, -0.25) is 9.59 Å². The van der Waals surface area contributed by atoms with Crippen molar-refractivity contribution in [3.8, 4) is 23.1 Å². The fraction of sp³-hybridized carbons (Fsp3) is 0.489. The van der Waals surface area contributed by atoms with E-state index in [4.69, 9.17) is 19.4 Å². The van der Waals surface area contributed by atoms with E-state index < -0.39 is 24.3 Å². The first-order valence-electron chi connectivity index (χ1n) is 22.1. The molecule has 336 valence electrons. The summed E-state index contributed by atoms with van der Waals surface area (Å²) >= 11 is 0. The number of rotatable bonds is 17. The van der Waals surface area contributed by atoms with Crippen LogP contribution < -0.4 is 10.6 Å². The number of hydrogen-bond acceptors (Lipinski definition) is 10. The molecule has 16 heteroatoms. The summed E-state index contributed by atoms with van der Waals surface area (Å²) in [5, 5.41) is 5.52. The molecule has 0 radical (unpaired) electrons. The summed E-state index contributed by atoms with van der Waals surface area (Å²) in [7, 11) is 2.59. The number of imidazole rings is 2. The van der Waals surface area contributed by atoms with Crippen LogP contribution in [0.5, 0.6) is 0 Å². The van der Waals surface area contributed by atoms with Crippen molar-refractivity contribution in [2.75, 3.05) is 66.6 Å². The molecule has 6 rings (SSSR count). The van der Waals surface area contributed by atoms with Gasteiger partial charge in [-0.15, -0.1) is 0 Å². The van der Waals surface area contributed by atoms with Gasteiger partial charge in [0.1, 0.15) is 23.7 Å². The highest BCUT2D eigenvalue weighted by atomic mass is 16.5. The predicted octanol–water partition coefficient (Wildman–Crippen LogP) is 5.76. The second-order valence-corrected chi connectivity index (χ2v) is 16.0. The summed E-state index contributed by atoms with van der Waals surface area (Å²) < 4.78 is 9.70. The average molecular weight is 863 g/mol. The van der Waals surface area contributed by atoms with Crippen molar-refractivity contribution in [2.24, 2.45) is 0 Å². The highest BCUT2D eigenvalue weighted by molar-refractivity contribution is 5.87. The molecule has 2 fully saturated rings. The summed E-state index contributed by atoms with van der Waals surface area (Å²) in [6.45, 7) is 18.2. The number of nitrogens with one attached hydrogen (secondary N) is 4. The van der Waals surface area contributed by atoms with Gasteiger partial charge in [0, 0.05) is 37.3 Å². The lowest BCUT2D eigenvalue weighted by atomic mass is 10.1. The molecule has 4 N–H and O–H groups in total. The number of H-pyrrole nitrogens is 2. The number of alkyl carbamates (subject to hydrolysis) is 2. The molecule has 0 aliphatic carbocycles. The molecule has 0 spiro atoms. The Balaban J connectivity index is 1.12. The van der Waals surface area contributed by atoms with E-state index in [0.29, 0.717) is 57.1 Å². The maximum atomic E-state index is 14.0. The number of fused-ring (bicyclic) bond motifs is 1. The lowest BCUT2D eigenvalue weighted by Crippen LogP contribution is -2.49. The first-order chi connectivity index (χ1) is 30.5. The smallest absolute Gasteiger partial charge is 0.407 e. The molecular formula is C47H62N10O6. The summed E-state index contributed by atoms with van der Waals surface area (Å²) in [6.07, 6.45) is 3.58. The number of amides is 4. The molecule has 2 aromatic carbocycles. The standard InChI is InChI=1S/C47H62N10O6/c1-8-54(9-2)25-22-36(52-46(60)62-6)44(58)56-24-12-13-40(56)43-49-35-21-18-33(28-38(35)50-43)15-14-32-16-19-34(20-17-32)39-29-48-42(51-39)41-27-31(5)30-57(41)45(59)37(53-47(61)63-7)23-26-55(10-3)11-4/h16-21,28-29,36-37,40-41H,5,8-13,22-27,30H2,1-4,6-7H3,(H,48,51)(H,49,50)(H,52,60)(H,53,61)/t36-,37-,40-,41-/m0/s1. The van der Waals surface area contributed by atoms with Gasteiger partial charge in [0.05, 0.1) is 49.2 Å². The number of benzene rings is 2. The Bertz CT molecular complexity index is 2290. The average Bonchev–Trinajstić information content (AvgIpc) is 4.14. The van der Waals surface area contributed by atoms with Gasteiger partial charge in [-0.1, -0.05) is 63.8 Å². The van der Waals surface area contributed by atoms with Crippen LogP contribution in [-0.4, -0.2) is 142 Å². The molecule has 4 heterocycles. The van der Waals surface area contributed by atoms with Crippen LogP contribution in [0.15, 0.2) is 60.8 Å². The minimum absolute atomic E-state index is 0.138. The van der Waals surface area contributed by atoms with Crippen LogP contribution >= 0.6 is 0 Å². The molecule has 0 bridgehead atoms. The molecule has 63 heavy (non-hydrogen) atoms. The van der Waals surface area contributed by atoms with E-state index in [1.165, 1.54) is 14.2 Å². The summed E-state index contributed by atoms with van der Waals surface area (Å²) in [6, 6.07) is 11.7. The van der Waals surface area contributed by atoms with Crippen molar-refractivity contribution in [3.63, 3.8) is 0 Å². The van der Waals surface area contributed by atoms with E-state index >= 15 is 0 Å². The number of nitrogens with zero attached hydrogens (tertiary/aromatic N) is 6. The largest absolute Gasteiger partial charge is 0.453 e. The number of aromatic nitrogens is 4. The van der Waals surface area contributed by atoms with Gasteiger partial charge in [-0.05, 0) is 94.2 Å². The normalized spacial score (nSPS) is 17.2. The monoisotopic (exact) mass is 862 g/mol. The van der Waals surface area contributed by atoms with E-state index in [-0.39, 0.29) is 23.9 Å². The van der Waals surface area contributed by atoms with Crippen LogP contribution in [0.2, 0.25) is 0 Å². The van der Waals surface area contributed by atoms with Gasteiger partial charge in [0.2, 0.25) is 11.8 Å². The SMILES string of the molecule is C=C1C[C@@H](c2ncc(-c3ccc(C#Cc4ccc5nc([C@@H]6CCCN6C(=O)[C@H](CCN(CC)CC)NC(=O)OC)[nH]c5c4)cc3)[nH]2)N(C(=O)[C@H](CCN(CC)CC)NC(=O)OC)C1. The fourth-order valence-corrected chi connectivity index (χ4v) is 8.41. The Kier molecular flexibility index (Phi) is 16.0.